The van der Waals surface area contributed by atoms with Gasteiger partial charge in [0.2, 0.25) is 5.91 Å². The van der Waals surface area contributed by atoms with E-state index in [-0.39, 0.29) is 24.0 Å². The van der Waals surface area contributed by atoms with Crippen molar-refractivity contribution in [3.05, 3.63) is 0 Å². The largest absolute Gasteiger partial charge is 0.394 e. The maximum Gasteiger partial charge on any atom is 0.223 e. The molecular formula is C16H29NO2. The van der Waals surface area contributed by atoms with Crippen LogP contribution in [0, 0.1) is 17.3 Å². The van der Waals surface area contributed by atoms with Crippen LogP contribution in [0.5, 0.6) is 0 Å². The fourth-order valence-corrected chi connectivity index (χ4v) is 3.51. The highest BCUT2D eigenvalue weighted by Crippen LogP contribution is 2.40. The molecule has 3 heteroatoms. The number of rotatable bonds is 3. The predicted octanol–water partition coefficient (Wildman–Crippen LogP) is 2.87. The molecule has 0 unspecified atom stereocenters. The van der Waals surface area contributed by atoms with Crippen LogP contribution in [0.3, 0.4) is 0 Å². The smallest absolute Gasteiger partial charge is 0.223 e. The van der Waals surface area contributed by atoms with Crippen LogP contribution in [0.15, 0.2) is 0 Å². The van der Waals surface area contributed by atoms with Crippen molar-refractivity contribution in [2.75, 3.05) is 6.61 Å². The minimum atomic E-state index is -0.280. The van der Waals surface area contributed by atoms with Gasteiger partial charge in [0.25, 0.3) is 0 Å². The molecule has 0 saturated heterocycles. The molecule has 0 radical (unpaired) electrons. The van der Waals surface area contributed by atoms with E-state index in [4.69, 9.17) is 0 Å². The van der Waals surface area contributed by atoms with E-state index in [0.717, 1.165) is 50.9 Å². The van der Waals surface area contributed by atoms with Crippen LogP contribution in [0.4, 0.5) is 0 Å². The zero-order valence-corrected chi connectivity index (χ0v) is 12.7. The minimum Gasteiger partial charge on any atom is -0.394 e. The standard InChI is InChI=1S/C16H29NO2/c1-15(2,3)13-7-5-12(6-8-13)14(19)17-16(11-18)9-4-10-16/h12-13,18H,4-11H2,1-3H3,(H,17,19). The molecule has 110 valence electrons. The lowest BCUT2D eigenvalue weighted by molar-refractivity contribution is -0.130. The van der Waals surface area contributed by atoms with Gasteiger partial charge >= 0.3 is 0 Å². The number of aliphatic hydroxyl groups excluding tert-OH is 1. The third-order valence-electron chi connectivity index (χ3n) is 5.32. The second kappa shape index (κ2) is 5.43. The highest BCUT2D eigenvalue weighted by atomic mass is 16.3. The Morgan fingerprint density at radius 1 is 1.21 bits per heavy atom. The Balaban J connectivity index is 1.83. The highest BCUT2D eigenvalue weighted by molar-refractivity contribution is 5.79. The van der Waals surface area contributed by atoms with Crippen LogP contribution >= 0.6 is 0 Å². The molecule has 0 heterocycles. The van der Waals surface area contributed by atoms with E-state index >= 15 is 0 Å². The van der Waals surface area contributed by atoms with Gasteiger partial charge in [-0.15, -0.1) is 0 Å². The number of amides is 1. The zero-order valence-electron chi connectivity index (χ0n) is 12.7. The molecule has 0 aliphatic heterocycles. The number of carbonyl (C=O) groups is 1. The average molecular weight is 267 g/mol. The SMILES string of the molecule is CC(C)(C)C1CCC(C(=O)NC2(CO)CCC2)CC1. The molecule has 3 nitrogen and oxygen atoms in total. The van der Waals surface area contributed by atoms with Crippen LogP contribution < -0.4 is 5.32 Å². The zero-order chi connectivity index (χ0) is 14.1. The minimum absolute atomic E-state index is 0.0933. The molecule has 0 bridgehead atoms. The van der Waals surface area contributed by atoms with Crippen molar-refractivity contribution in [2.45, 2.75) is 71.3 Å². The average Bonchev–Trinajstić information content (AvgIpc) is 2.32. The number of hydrogen-bond acceptors (Lipinski definition) is 2. The van der Waals surface area contributed by atoms with E-state index in [0.29, 0.717) is 5.41 Å². The van der Waals surface area contributed by atoms with Crippen molar-refractivity contribution in [3.63, 3.8) is 0 Å². The molecule has 2 rings (SSSR count). The molecule has 2 aliphatic rings. The molecule has 0 aromatic carbocycles. The molecule has 2 aliphatic carbocycles. The maximum absolute atomic E-state index is 12.3. The lowest BCUT2D eigenvalue weighted by Gasteiger charge is -2.43. The quantitative estimate of drug-likeness (QED) is 0.826. The first-order chi connectivity index (χ1) is 8.86. The van der Waals surface area contributed by atoms with Crippen LogP contribution in [-0.4, -0.2) is 23.2 Å². The van der Waals surface area contributed by atoms with Gasteiger partial charge < -0.3 is 10.4 Å². The summed E-state index contributed by atoms with van der Waals surface area (Å²) in [5, 5.41) is 12.5. The Bertz CT molecular complexity index is 315. The van der Waals surface area contributed by atoms with E-state index in [2.05, 4.69) is 26.1 Å². The highest BCUT2D eigenvalue weighted by Gasteiger charge is 2.40. The first-order valence-electron chi connectivity index (χ1n) is 7.79. The van der Waals surface area contributed by atoms with E-state index in [1.807, 2.05) is 0 Å². The molecule has 0 spiro atoms. The molecule has 0 aromatic heterocycles. The van der Waals surface area contributed by atoms with Gasteiger partial charge in [-0.1, -0.05) is 20.8 Å². The Morgan fingerprint density at radius 2 is 1.79 bits per heavy atom. The van der Waals surface area contributed by atoms with Gasteiger partial charge in [0, 0.05) is 5.92 Å². The lowest BCUT2D eigenvalue weighted by atomic mass is 9.69. The Kier molecular flexibility index (Phi) is 4.24. The Hall–Kier alpha value is -0.570. The van der Waals surface area contributed by atoms with Crippen molar-refractivity contribution in [2.24, 2.45) is 17.3 Å². The van der Waals surface area contributed by atoms with Gasteiger partial charge in [0.1, 0.15) is 0 Å². The second-order valence-electron chi connectivity index (χ2n) is 7.70. The van der Waals surface area contributed by atoms with Gasteiger partial charge in [0.15, 0.2) is 0 Å². The van der Waals surface area contributed by atoms with E-state index in [1.165, 1.54) is 0 Å². The van der Waals surface area contributed by atoms with Gasteiger partial charge in [-0.2, -0.15) is 0 Å². The second-order valence-corrected chi connectivity index (χ2v) is 7.70. The van der Waals surface area contributed by atoms with Crippen molar-refractivity contribution >= 4 is 5.91 Å². The van der Waals surface area contributed by atoms with Crippen LogP contribution in [0.1, 0.15) is 65.7 Å². The van der Waals surface area contributed by atoms with Crippen LogP contribution in [0.2, 0.25) is 0 Å². The molecule has 1 amide bonds. The van der Waals surface area contributed by atoms with E-state index < -0.39 is 0 Å². The van der Waals surface area contributed by atoms with Crippen LogP contribution in [-0.2, 0) is 4.79 Å². The molecule has 2 N–H and O–H groups in total. The lowest BCUT2D eigenvalue weighted by Crippen LogP contribution is -2.57. The van der Waals surface area contributed by atoms with Crippen molar-refractivity contribution in [1.82, 2.24) is 5.32 Å². The summed E-state index contributed by atoms with van der Waals surface area (Å²) in [7, 11) is 0. The van der Waals surface area contributed by atoms with E-state index in [1.54, 1.807) is 0 Å². The van der Waals surface area contributed by atoms with Gasteiger partial charge in [-0.25, -0.2) is 0 Å². The summed E-state index contributed by atoms with van der Waals surface area (Å²) >= 11 is 0. The summed E-state index contributed by atoms with van der Waals surface area (Å²) in [6.07, 6.45) is 7.34. The predicted molar refractivity (Wildman–Crippen MR) is 76.7 cm³/mol. The summed E-state index contributed by atoms with van der Waals surface area (Å²) in [6.45, 7) is 6.99. The summed E-state index contributed by atoms with van der Waals surface area (Å²) in [5.41, 5.74) is 0.0830. The Morgan fingerprint density at radius 3 is 2.16 bits per heavy atom. The number of carbonyl (C=O) groups excluding carboxylic acids is 1. The number of nitrogens with one attached hydrogen (secondary N) is 1. The van der Waals surface area contributed by atoms with Crippen molar-refractivity contribution in [1.29, 1.82) is 0 Å². The first-order valence-corrected chi connectivity index (χ1v) is 7.79. The molecule has 2 fully saturated rings. The fourth-order valence-electron chi connectivity index (χ4n) is 3.51. The normalized spacial score (nSPS) is 30.5. The molecular weight excluding hydrogens is 238 g/mol. The van der Waals surface area contributed by atoms with Gasteiger partial charge in [-0.05, 0) is 56.3 Å². The van der Waals surface area contributed by atoms with Gasteiger partial charge in [-0.3, -0.25) is 4.79 Å². The monoisotopic (exact) mass is 267 g/mol. The molecule has 19 heavy (non-hydrogen) atoms. The fraction of sp³-hybridized carbons (Fsp3) is 0.938. The summed E-state index contributed by atoms with van der Waals surface area (Å²) in [4.78, 5) is 12.3. The third-order valence-corrected chi connectivity index (χ3v) is 5.32. The van der Waals surface area contributed by atoms with E-state index in [9.17, 15) is 9.90 Å². The maximum atomic E-state index is 12.3. The summed E-state index contributed by atoms with van der Waals surface area (Å²) < 4.78 is 0. The van der Waals surface area contributed by atoms with Gasteiger partial charge in [0.05, 0.1) is 12.1 Å². The topological polar surface area (TPSA) is 49.3 Å². The van der Waals surface area contributed by atoms with Crippen molar-refractivity contribution < 1.29 is 9.90 Å². The first kappa shape index (κ1) is 14.8. The molecule has 0 aromatic rings. The Labute approximate surface area is 117 Å². The summed E-state index contributed by atoms with van der Waals surface area (Å²) in [5.74, 6) is 1.09. The summed E-state index contributed by atoms with van der Waals surface area (Å²) in [6, 6.07) is 0. The molecule has 2 saturated carbocycles. The third kappa shape index (κ3) is 3.31. The van der Waals surface area contributed by atoms with Crippen molar-refractivity contribution in [3.8, 4) is 0 Å². The molecule has 0 atom stereocenters. The number of hydrogen-bond donors (Lipinski definition) is 2. The van der Waals surface area contributed by atoms with Crippen LogP contribution in [0.25, 0.3) is 0 Å². The number of aliphatic hydroxyl groups is 1.